The van der Waals surface area contributed by atoms with Crippen molar-refractivity contribution in [1.82, 2.24) is 14.4 Å². The van der Waals surface area contributed by atoms with Crippen LogP contribution in [0.1, 0.15) is 25.6 Å². The molecule has 29 heavy (non-hydrogen) atoms. The standard InChI is InChI=1S/C20H22N5O4/c1-5-29-15-8-6-14(7-9-15)25-12(2)10-23-16-17(21-19(23)25)22(4)20(28)24(18(16)27)11-13(3)26/h6-10,16H,5,11H2,1-4H3/q+1. The van der Waals surface area contributed by atoms with Crippen molar-refractivity contribution in [1.29, 1.82) is 0 Å². The molecular weight excluding hydrogens is 374 g/mol. The number of nitrogens with zero attached hydrogens (tertiary/aromatic N) is 5. The number of aliphatic imine (C=N–C) groups is 1. The maximum Gasteiger partial charge on any atom is 0.406 e. The first-order valence-electron chi connectivity index (χ1n) is 9.37. The number of imide groups is 1. The summed E-state index contributed by atoms with van der Waals surface area (Å²) in [5.41, 5.74) is 1.75. The highest BCUT2D eigenvalue weighted by molar-refractivity contribution is 6.19. The average molecular weight is 396 g/mol. The van der Waals surface area contributed by atoms with Gasteiger partial charge in [0.25, 0.3) is 5.91 Å². The largest absolute Gasteiger partial charge is 0.494 e. The summed E-state index contributed by atoms with van der Waals surface area (Å²) in [6.45, 7) is 5.54. The van der Waals surface area contributed by atoms with E-state index in [0.717, 1.165) is 22.0 Å². The third-order valence-corrected chi connectivity index (χ3v) is 4.99. The summed E-state index contributed by atoms with van der Waals surface area (Å²) in [6.07, 6.45) is 1.83. The highest BCUT2D eigenvalue weighted by atomic mass is 16.5. The van der Waals surface area contributed by atoms with Gasteiger partial charge in [-0.1, -0.05) is 4.99 Å². The molecule has 3 amide bonds. The number of carbonyl (C=O) groups is 3. The van der Waals surface area contributed by atoms with Crippen LogP contribution in [0.15, 0.2) is 35.5 Å². The third-order valence-electron chi connectivity index (χ3n) is 4.99. The molecule has 2 aliphatic heterocycles. The smallest absolute Gasteiger partial charge is 0.406 e. The Labute approximate surface area is 167 Å². The van der Waals surface area contributed by atoms with Crippen molar-refractivity contribution in [3.63, 3.8) is 0 Å². The highest BCUT2D eigenvalue weighted by Crippen LogP contribution is 2.31. The lowest BCUT2D eigenvalue weighted by Crippen LogP contribution is -2.63. The fourth-order valence-corrected chi connectivity index (χ4v) is 3.73. The van der Waals surface area contributed by atoms with Crippen LogP contribution in [0.2, 0.25) is 0 Å². The summed E-state index contributed by atoms with van der Waals surface area (Å²) < 4.78 is 9.17. The van der Waals surface area contributed by atoms with Crippen molar-refractivity contribution >= 4 is 29.5 Å². The Morgan fingerprint density at radius 2 is 1.93 bits per heavy atom. The number of hydrogen-bond acceptors (Lipinski definition) is 5. The van der Waals surface area contributed by atoms with Gasteiger partial charge in [-0.15, -0.1) is 0 Å². The second-order valence-corrected chi connectivity index (χ2v) is 7.08. The Morgan fingerprint density at radius 3 is 2.55 bits per heavy atom. The topological polar surface area (TPSA) is 88.1 Å². The molecule has 3 heterocycles. The fourth-order valence-electron chi connectivity index (χ4n) is 3.73. The third kappa shape index (κ3) is 2.89. The summed E-state index contributed by atoms with van der Waals surface area (Å²) in [5.74, 6) is 0.964. The first kappa shape index (κ1) is 18.9. The van der Waals surface area contributed by atoms with Gasteiger partial charge in [0.15, 0.2) is 0 Å². The first-order chi connectivity index (χ1) is 13.8. The number of imidazole rings is 1. The zero-order valence-electron chi connectivity index (χ0n) is 16.7. The minimum absolute atomic E-state index is 0.250. The van der Waals surface area contributed by atoms with Crippen molar-refractivity contribution < 1.29 is 23.7 Å². The van der Waals surface area contributed by atoms with Gasteiger partial charge in [0, 0.05) is 7.05 Å². The van der Waals surface area contributed by atoms with Gasteiger partial charge in [0.05, 0.1) is 13.2 Å². The summed E-state index contributed by atoms with van der Waals surface area (Å²) in [4.78, 5) is 44.1. The number of urea groups is 1. The molecule has 0 N–H and O–H groups in total. The molecule has 1 saturated heterocycles. The number of hydrogen-bond donors (Lipinski definition) is 0. The number of carbonyl (C=O) groups excluding carboxylic acids is 3. The number of likely N-dealkylation sites (N-methyl/N-ethyl adjacent to an activating group) is 1. The predicted octanol–water partition coefficient (Wildman–Crippen LogP) is 1.54. The van der Waals surface area contributed by atoms with E-state index in [-0.39, 0.29) is 12.3 Å². The molecule has 150 valence electrons. The van der Waals surface area contributed by atoms with Crippen LogP contribution in [-0.2, 0) is 9.59 Å². The number of benzene rings is 1. The molecule has 1 aromatic carbocycles. The van der Waals surface area contributed by atoms with Crippen LogP contribution >= 0.6 is 0 Å². The second kappa shape index (κ2) is 6.84. The van der Waals surface area contributed by atoms with Crippen LogP contribution in [0.3, 0.4) is 0 Å². The van der Waals surface area contributed by atoms with Gasteiger partial charge in [-0.25, -0.2) is 9.36 Å². The number of amides is 3. The van der Waals surface area contributed by atoms with Gasteiger partial charge in [0.2, 0.25) is 11.9 Å². The molecular formula is C20H22N5O4+. The van der Waals surface area contributed by atoms with E-state index in [2.05, 4.69) is 4.99 Å². The molecule has 1 unspecified atom stereocenters. The van der Waals surface area contributed by atoms with Gasteiger partial charge in [-0.05, 0) is 45.0 Å². The van der Waals surface area contributed by atoms with Crippen LogP contribution < -0.4 is 9.30 Å². The average Bonchev–Trinajstić information content (AvgIpc) is 3.19. The summed E-state index contributed by atoms with van der Waals surface area (Å²) in [6, 6.07) is 6.27. The van der Waals surface area contributed by atoms with Crippen molar-refractivity contribution in [3.05, 3.63) is 36.2 Å². The molecule has 0 bridgehead atoms. The molecule has 0 radical (unpaired) electrons. The molecule has 0 saturated carbocycles. The zero-order valence-corrected chi connectivity index (χ0v) is 16.7. The highest BCUT2D eigenvalue weighted by Gasteiger charge is 2.53. The molecule has 9 nitrogen and oxygen atoms in total. The fraction of sp³-hybridized carbons (Fsp3) is 0.350. The first-order valence-corrected chi connectivity index (χ1v) is 9.37. The maximum atomic E-state index is 13.0. The van der Waals surface area contributed by atoms with E-state index in [4.69, 9.17) is 4.74 Å². The second-order valence-electron chi connectivity index (χ2n) is 7.08. The van der Waals surface area contributed by atoms with Gasteiger partial charge in [0.1, 0.15) is 29.1 Å². The van der Waals surface area contributed by atoms with Gasteiger partial charge >= 0.3 is 12.0 Å². The maximum absolute atomic E-state index is 13.0. The predicted molar refractivity (Wildman–Crippen MR) is 104 cm³/mol. The van der Waals surface area contributed by atoms with Crippen molar-refractivity contribution in [2.24, 2.45) is 4.99 Å². The zero-order chi connectivity index (χ0) is 20.9. The van der Waals surface area contributed by atoms with E-state index in [1.54, 1.807) is 11.6 Å². The number of amidine groups is 1. The minimum Gasteiger partial charge on any atom is -0.494 e. The van der Waals surface area contributed by atoms with E-state index in [9.17, 15) is 14.4 Å². The number of ether oxygens (including phenoxy) is 1. The molecule has 2 aromatic rings. The van der Waals surface area contributed by atoms with Crippen LogP contribution in [0, 0.1) is 6.92 Å². The molecule has 4 rings (SSSR count). The van der Waals surface area contributed by atoms with E-state index >= 15 is 0 Å². The number of fused-ring (bicyclic) bond motifs is 3. The lowest BCUT2D eigenvalue weighted by atomic mass is 10.1. The van der Waals surface area contributed by atoms with E-state index in [1.807, 2.05) is 48.9 Å². The van der Waals surface area contributed by atoms with Crippen LogP contribution in [0.4, 0.5) is 10.7 Å². The number of rotatable bonds is 5. The van der Waals surface area contributed by atoms with Crippen molar-refractivity contribution in [3.8, 4) is 11.4 Å². The van der Waals surface area contributed by atoms with Gasteiger partial charge in [-0.3, -0.25) is 19.4 Å². The molecule has 1 atom stereocenters. The SMILES string of the molecule is CCOc1ccc(-n2c(C)c[n+]3c2N=C2C3C(=O)N(CC(C)=O)C(=O)N2C)cc1. The van der Waals surface area contributed by atoms with Gasteiger partial charge < -0.3 is 4.74 Å². The summed E-state index contributed by atoms with van der Waals surface area (Å²) in [7, 11) is 1.56. The molecule has 1 fully saturated rings. The number of Topliss-reactive ketones (excluding diaryl/α,β-unsaturated/α-hetero) is 1. The van der Waals surface area contributed by atoms with Crippen LogP contribution in [0.25, 0.3) is 5.69 Å². The molecule has 0 spiro atoms. The molecule has 2 aliphatic rings. The lowest BCUT2D eigenvalue weighted by Gasteiger charge is -2.32. The summed E-state index contributed by atoms with van der Waals surface area (Å²) >= 11 is 0. The van der Waals surface area contributed by atoms with Gasteiger partial charge in [-0.2, -0.15) is 4.57 Å². The van der Waals surface area contributed by atoms with E-state index in [0.29, 0.717) is 18.4 Å². The number of ketones is 1. The Kier molecular flexibility index (Phi) is 4.45. The Balaban J connectivity index is 1.78. The van der Waals surface area contributed by atoms with E-state index < -0.39 is 18.0 Å². The molecule has 1 aromatic heterocycles. The normalized spacial score (nSPS) is 17.9. The Morgan fingerprint density at radius 1 is 1.24 bits per heavy atom. The van der Waals surface area contributed by atoms with Crippen molar-refractivity contribution in [2.45, 2.75) is 26.8 Å². The van der Waals surface area contributed by atoms with Crippen LogP contribution in [-0.4, -0.2) is 58.1 Å². The summed E-state index contributed by atoms with van der Waals surface area (Å²) in [5, 5.41) is 0. The monoisotopic (exact) mass is 396 g/mol. The number of aromatic nitrogens is 2. The Hall–Kier alpha value is -3.49. The molecule has 0 aliphatic carbocycles. The minimum atomic E-state index is -0.769. The Bertz CT molecular complexity index is 1050. The van der Waals surface area contributed by atoms with Crippen LogP contribution in [0.5, 0.6) is 5.75 Å². The quantitative estimate of drug-likeness (QED) is 0.717. The lowest BCUT2D eigenvalue weighted by molar-refractivity contribution is -0.676. The number of aryl methyl sites for hydroxylation is 1. The van der Waals surface area contributed by atoms with Crippen molar-refractivity contribution in [2.75, 3.05) is 20.2 Å². The molecule has 9 heteroatoms. The van der Waals surface area contributed by atoms with E-state index in [1.165, 1.54) is 11.8 Å².